The van der Waals surface area contributed by atoms with Crippen molar-refractivity contribution in [1.82, 2.24) is 9.38 Å². The van der Waals surface area contributed by atoms with Gasteiger partial charge in [0.1, 0.15) is 17.2 Å². The molecule has 0 aliphatic heterocycles. The minimum absolute atomic E-state index is 0.253. The van der Waals surface area contributed by atoms with Gasteiger partial charge in [0.15, 0.2) is 11.5 Å². The van der Waals surface area contributed by atoms with Crippen LogP contribution < -0.4 is 14.8 Å². The van der Waals surface area contributed by atoms with Gasteiger partial charge in [-0.25, -0.2) is 4.98 Å². The average Bonchev–Trinajstić information content (AvgIpc) is 3.14. The number of nitrogens with zero attached hydrogens (tertiary/aromatic N) is 2. The van der Waals surface area contributed by atoms with E-state index in [0.717, 1.165) is 22.5 Å². The number of ether oxygens (including phenoxy) is 2. The third kappa shape index (κ3) is 3.59. The Balaban J connectivity index is 1.77. The van der Waals surface area contributed by atoms with Crippen LogP contribution in [0, 0.1) is 6.92 Å². The van der Waals surface area contributed by atoms with Crippen LogP contribution >= 0.6 is 0 Å². The highest BCUT2D eigenvalue weighted by atomic mass is 16.5. The lowest BCUT2D eigenvalue weighted by Crippen LogP contribution is -2.14. The molecule has 152 valence electrons. The highest BCUT2D eigenvalue weighted by Gasteiger charge is 2.19. The molecule has 0 atom stereocenters. The number of methoxy groups -OCH3 is 1. The number of aromatic nitrogens is 2. The number of hydrogen-bond acceptors (Lipinski definition) is 4. The second-order valence-electron chi connectivity index (χ2n) is 6.81. The molecular formula is C24H23N3O3. The SMILES string of the molecule is CCOc1ccc(C(=O)Nc2c(-c3ccccc3)nc3c(C)cccn23)cc1OC. The maximum absolute atomic E-state index is 13.1. The van der Waals surface area contributed by atoms with Crippen molar-refractivity contribution in [2.75, 3.05) is 19.0 Å². The lowest BCUT2D eigenvalue weighted by molar-refractivity contribution is 0.102. The van der Waals surface area contributed by atoms with Crippen LogP contribution in [-0.4, -0.2) is 29.0 Å². The summed E-state index contributed by atoms with van der Waals surface area (Å²) in [5.41, 5.74) is 3.95. The van der Waals surface area contributed by atoms with Crippen molar-refractivity contribution in [3.8, 4) is 22.8 Å². The topological polar surface area (TPSA) is 64.9 Å². The van der Waals surface area contributed by atoms with Gasteiger partial charge in [0.25, 0.3) is 5.91 Å². The zero-order valence-electron chi connectivity index (χ0n) is 17.2. The summed E-state index contributed by atoms with van der Waals surface area (Å²) >= 11 is 0. The van der Waals surface area contributed by atoms with Crippen LogP contribution in [0.2, 0.25) is 0 Å². The molecule has 4 rings (SSSR count). The summed E-state index contributed by atoms with van der Waals surface area (Å²) in [5.74, 6) is 1.49. The first-order valence-corrected chi connectivity index (χ1v) is 9.77. The van der Waals surface area contributed by atoms with Crippen molar-refractivity contribution >= 4 is 17.4 Å². The Morgan fingerprint density at radius 1 is 1.07 bits per heavy atom. The molecule has 0 bridgehead atoms. The molecule has 0 fully saturated rings. The minimum atomic E-state index is -0.253. The Morgan fingerprint density at radius 3 is 2.60 bits per heavy atom. The van der Waals surface area contributed by atoms with Crippen LogP contribution in [0.5, 0.6) is 11.5 Å². The molecule has 2 heterocycles. The van der Waals surface area contributed by atoms with Crippen LogP contribution in [0.25, 0.3) is 16.9 Å². The summed E-state index contributed by atoms with van der Waals surface area (Å²) in [6.07, 6.45) is 1.90. The molecule has 0 aliphatic rings. The molecule has 0 saturated carbocycles. The molecule has 0 saturated heterocycles. The van der Waals surface area contributed by atoms with Gasteiger partial charge in [0.05, 0.1) is 13.7 Å². The molecule has 1 N–H and O–H groups in total. The zero-order valence-corrected chi connectivity index (χ0v) is 17.2. The smallest absolute Gasteiger partial charge is 0.256 e. The van der Waals surface area contributed by atoms with Gasteiger partial charge >= 0.3 is 0 Å². The minimum Gasteiger partial charge on any atom is -0.493 e. The third-order valence-corrected chi connectivity index (χ3v) is 4.85. The predicted molar refractivity (Wildman–Crippen MR) is 117 cm³/mol. The average molecular weight is 401 g/mol. The summed E-state index contributed by atoms with van der Waals surface area (Å²) in [6, 6.07) is 18.9. The van der Waals surface area contributed by atoms with E-state index in [9.17, 15) is 4.79 Å². The molecule has 6 nitrogen and oxygen atoms in total. The van der Waals surface area contributed by atoms with Gasteiger partial charge in [0, 0.05) is 17.3 Å². The fourth-order valence-electron chi connectivity index (χ4n) is 3.38. The first-order valence-electron chi connectivity index (χ1n) is 9.77. The van der Waals surface area contributed by atoms with Crippen LogP contribution in [0.15, 0.2) is 66.9 Å². The fourth-order valence-corrected chi connectivity index (χ4v) is 3.38. The van der Waals surface area contributed by atoms with E-state index < -0.39 is 0 Å². The van der Waals surface area contributed by atoms with Gasteiger partial charge in [0.2, 0.25) is 0 Å². The van der Waals surface area contributed by atoms with E-state index in [-0.39, 0.29) is 5.91 Å². The zero-order chi connectivity index (χ0) is 21.1. The number of amides is 1. The van der Waals surface area contributed by atoms with E-state index >= 15 is 0 Å². The largest absolute Gasteiger partial charge is 0.493 e. The van der Waals surface area contributed by atoms with E-state index in [2.05, 4.69) is 5.32 Å². The number of imidazole rings is 1. The van der Waals surface area contributed by atoms with Crippen LogP contribution in [-0.2, 0) is 0 Å². The van der Waals surface area contributed by atoms with Gasteiger partial charge in [-0.1, -0.05) is 36.4 Å². The molecule has 2 aromatic carbocycles. The molecule has 30 heavy (non-hydrogen) atoms. The normalized spacial score (nSPS) is 10.8. The van der Waals surface area contributed by atoms with Gasteiger partial charge in [-0.3, -0.25) is 9.20 Å². The molecule has 1 amide bonds. The van der Waals surface area contributed by atoms with Crippen LogP contribution in [0.1, 0.15) is 22.8 Å². The van der Waals surface area contributed by atoms with Crippen molar-refractivity contribution < 1.29 is 14.3 Å². The molecule has 4 aromatic rings. The Hall–Kier alpha value is -3.80. The fraction of sp³-hybridized carbons (Fsp3) is 0.167. The standard InChI is InChI=1S/C24H23N3O3/c1-4-30-19-13-12-18(15-20(19)29-3)24(28)26-23-21(17-10-6-5-7-11-17)25-22-16(2)9-8-14-27(22)23/h5-15H,4H2,1-3H3,(H,26,28). The summed E-state index contributed by atoms with van der Waals surface area (Å²) in [7, 11) is 1.56. The third-order valence-electron chi connectivity index (χ3n) is 4.85. The number of carbonyl (C=O) groups is 1. The molecule has 6 heteroatoms. The lowest BCUT2D eigenvalue weighted by Gasteiger charge is -2.12. The quantitative estimate of drug-likeness (QED) is 0.495. The molecule has 0 aliphatic carbocycles. The van der Waals surface area contributed by atoms with Gasteiger partial charge in [-0.2, -0.15) is 0 Å². The number of fused-ring (bicyclic) bond motifs is 1. The first-order chi connectivity index (χ1) is 14.6. The Bertz CT molecular complexity index is 1200. The molecular weight excluding hydrogens is 378 g/mol. The van der Waals surface area contributed by atoms with E-state index in [0.29, 0.717) is 29.5 Å². The highest BCUT2D eigenvalue weighted by molar-refractivity contribution is 6.06. The van der Waals surface area contributed by atoms with Gasteiger partial charge < -0.3 is 14.8 Å². The number of carbonyl (C=O) groups excluding carboxylic acids is 1. The van der Waals surface area contributed by atoms with Gasteiger partial charge in [-0.15, -0.1) is 0 Å². The van der Waals surface area contributed by atoms with Crippen molar-refractivity contribution in [3.63, 3.8) is 0 Å². The van der Waals surface area contributed by atoms with Crippen molar-refractivity contribution in [3.05, 3.63) is 78.0 Å². The van der Waals surface area contributed by atoms with Crippen molar-refractivity contribution in [1.29, 1.82) is 0 Å². The summed E-state index contributed by atoms with van der Waals surface area (Å²) in [5, 5.41) is 3.04. The Kier molecular flexibility index (Phi) is 5.39. The number of hydrogen-bond donors (Lipinski definition) is 1. The maximum atomic E-state index is 13.1. The first kappa shape index (κ1) is 19.5. The van der Waals surface area contributed by atoms with E-state index in [1.807, 2.05) is 66.9 Å². The van der Waals surface area contributed by atoms with E-state index in [1.54, 1.807) is 25.3 Å². The highest BCUT2D eigenvalue weighted by Crippen LogP contribution is 2.31. The number of rotatable bonds is 6. The molecule has 0 unspecified atom stereocenters. The van der Waals surface area contributed by atoms with E-state index in [1.165, 1.54) is 0 Å². The molecule has 2 aromatic heterocycles. The van der Waals surface area contributed by atoms with Crippen molar-refractivity contribution in [2.24, 2.45) is 0 Å². The van der Waals surface area contributed by atoms with Crippen LogP contribution in [0.4, 0.5) is 5.82 Å². The Morgan fingerprint density at radius 2 is 1.87 bits per heavy atom. The summed E-state index contributed by atoms with van der Waals surface area (Å²) in [6.45, 7) is 4.42. The summed E-state index contributed by atoms with van der Waals surface area (Å²) in [4.78, 5) is 17.9. The molecule has 0 radical (unpaired) electrons. The number of anilines is 1. The Labute approximate surface area is 175 Å². The van der Waals surface area contributed by atoms with E-state index in [4.69, 9.17) is 14.5 Å². The second-order valence-corrected chi connectivity index (χ2v) is 6.81. The maximum Gasteiger partial charge on any atom is 0.256 e. The number of benzene rings is 2. The monoisotopic (exact) mass is 401 g/mol. The second kappa shape index (κ2) is 8.29. The number of nitrogens with one attached hydrogen (secondary N) is 1. The lowest BCUT2D eigenvalue weighted by atomic mass is 10.1. The van der Waals surface area contributed by atoms with Crippen molar-refractivity contribution in [2.45, 2.75) is 13.8 Å². The van der Waals surface area contributed by atoms with Crippen LogP contribution in [0.3, 0.4) is 0 Å². The molecule has 0 spiro atoms. The predicted octanol–water partition coefficient (Wildman–Crippen LogP) is 4.97. The summed E-state index contributed by atoms with van der Waals surface area (Å²) < 4.78 is 12.8. The number of pyridine rings is 1. The van der Waals surface area contributed by atoms with Gasteiger partial charge in [-0.05, 0) is 43.7 Å². The number of aryl methyl sites for hydroxylation is 1.